The minimum atomic E-state index is -1.04. The van der Waals surface area contributed by atoms with Crippen LogP contribution in [0.4, 0.5) is 0 Å². The van der Waals surface area contributed by atoms with Crippen LogP contribution in [0.3, 0.4) is 0 Å². The Hall–Kier alpha value is -1.61. The van der Waals surface area contributed by atoms with Gasteiger partial charge in [-0.3, -0.25) is 4.79 Å². The number of carbonyl (C=O) groups is 2. The molecule has 0 aliphatic heterocycles. The maximum Gasteiger partial charge on any atom is 0.328 e. The van der Waals surface area contributed by atoms with Crippen LogP contribution in [0.25, 0.3) is 6.08 Å². The summed E-state index contributed by atoms with van der Waals surface area (Å²) in [6.45, 7) is 1.40. The molecule has 0 saturated heterocycles. The molecule has 0 aliphatic carbocycles. The van der Waals surface area contributed by atoms with Crippen LogP contribution in [-0.2, 0) is 9.59 Å². The van der Waals surface area contributed by atoms with Crippen LogP contribution in [0.1, 0.15) is 23.4 Å². The summed E-state index contributed by atoms with van der Waals surface area (Å²) >= 11 is 5.93. The van der Waals surface area contributed by atoms with E-state index in [1.54, 1.807) is 24.3 Å². The molecule has 1 unspecified atom stereocenters. The third kappa shape index (κ3) is 3.21. The number of aliphatic carboxylic acids is 1. The zero-order valence-corrected chi connectivity index (χ0v) is 9.44. The average Bonchev–Trinajstić information content (AvgIpc) is 2.25. The molecule has 84 valence electrons. The van der Waals surface area contributed by atoms with Crippen molar-refractivity contribution >= 4 is 29.4 Å². The molecular formula is C12H11ClO3. The van der Waals surface area contributed by atoms with E-state index < -0.39 is 11.3 Å². The van der Waals surface area contributed by atoms with E-state index in [4.69, 9.17) is 16.7 Å². The van der Waals surface area contributed by atoms with Gasteiger partial charge in [-0.1, -0.05) is 24.3 Å². The van der Waals surface area contributed by atoms with Gasteiger partial charge in [0.25, 0.3) is 0 Å². The summed E-state index contributed by atoms with van der Waals surface area (Å²) in [5.74, 6) is -1.21. The van der Waals surface area contributed by atoms with Gasteiger partial charge in [-0.2, -0.15) is 0 Å². The first-order valence-electron chi connectivity index (χ1n) is 4.67. The minimum Gasteiger partial charge on any atom is -0.478 e. The number of carboxylic acids is 1. The number of hydrogen-bond acceptors (Lipinski definition) is 2. The third-order valence-corrected chi connectivity index (χ3v) is 2.57. The fraction of sp³-hybridized carbons (Fsp3) is 0.167. The summed E-state index contributed by atoms with van der Waals surface area (Å²) in [6.07, 6.45) is 2.44. The first-order chi connectivity index (χ1) is 7.52. The second-order valence-electron chi connectivity index (χ2n) is 3.27. The Morgan fingerprint density at radius 1 is 1.38 bits per heavy atom. The van der Waals surface area contributed by atoms with Crippen LogP contribution in [0.5, 0.6) is 0 Å². The highest BCUT2D eigenvalue weighted by atomic mass is 35.5. The fourth-order valence-electron chi connectivity index (χ4n) is 1.27. The lowest BCUT2D eigenvalue weighted by atomic mass is 10.0. The predicted octanol–water partition coefficient (Wildman–Crippen LogP) is 2.65. The number of halogens is 1. The molecule has 1 atom stereocenters. The predicted molar refractivity (Wildman–Crippen MR) is 62.4 cm³/mol. The van der Waals surface area contributed by atoms with Crippen LogP contribution in [0.15, 0.2) is 30.3 Å². The normalized spacial score (nSPS) is 12.6. The van der Waals surface area contributed by atoms with Gasteiger partial charge in [0.1, 0.15) is 5.38 Å². The SMILES string of the molecule is CC(=O)C(Cl)c1ccccc1C=CC(=O)O. The number of ketones is 1. The van der Waals surface area contributed by atoms with Crippen molar-refractivity contribution in [3.63, 3.8) is 0 Å². The first-order valence-corrected chi connectivity index (χ1v) is 5.10. The summed E-state index contributed by atoms with van der Waals surface area (Å²) in [7, 11) is 0. The second-order valence-corrected chi connectivity index (χ2v) is 3.71. The summed E-state index contributed by atoms with van der Waals surface area (Å²) in [4.78, 5) is 21.6. The van der Waals surface area contributed by atoms with Crippen molar-refractivity contribution < 1.29 is 14.7 Å². The van der Waals surface area contributed by atoms with Gasteiger partial charge in [-0.05, 0) is 24.1 Å². The zero-order chi connectivity index (χ0) is 12.1. The number of carbonyl (C=O) groups excluding carboxylic acids is 1. The lowest BCUT2D eigenvalue weighted by Crippen LogP contribution is -2.03. The minimum absolute atomic E-state index is 0.169. The van der Waals surface area contributed by atoms with Gasteiger partial charge in [0, 0.05) is 6.08 Å². The highest BCUT2D eigenvalue weighted by Crippen LogP contribution is 2.25. The standard InChI is InChI=1S/C12H11ClO3/c1-8(14)12(13)10-5-3-2-4-9(10)6-7-11(15)16/h2-7,12H,1H3,(H,15,16). The van der Waals surface area contributed by atoms with Gasteiger partial charge in [0.2, 0.25) is 0 Å². The lowest BCUT2D eigenvalue weighted by Gasteiger charge is -2.09. The number of rotatable bonds is 4. The van der Waals surface area contributed by atoms with Crippen molar-refractivity contribution in [3.05, 3.63) is 41.5 Å². The number of benzene rings is 1. The molecule has 3 nitrogen and oxygen atoms in total. The van der Waals surface area contributed by atoms with E-state index in [0.717, 1.165) is 6.08 Å². The van der Waals surface area contributed by atoms with Crippen molar-refractivity contribution in [1.82, 2.24) is 0 Å². The quantitative estimate of drug-likeness (QED) is 0.648. The van der Waals surface area contributed by atoms with Gasteiger partial charge in [0.05, 0.1) is 0 Å². The lowest BCUT2D eigenvalue weighted by molar-refractivity contribution is -0.131. The fourth-order valence-corrected chi connectivity index (χ4v) is 1.47. The molecule has 16 heavy (non-hydrogen) atoms. The van der Waals surface area contributed by atoms with Gasteiger partial charge >= 0.3 is 5.97 Å². The third-order valence-electron chi connectivity index (χ3n) is 2.03. The molecule has 0 aromatic heterocycles. The van der Waals surface area contributed by atoms with Crippen molar-refractivity contribution in [2.75, 3.05) is 0 Å². The molecule has 0 heterocycles. The average molecular weight is 239 g/mol. The molecule has 1 N–H and O–H groups in total. The van der Waals surface area contributed by atoms with Crippen molar-refractivity contribution in [2.24, 2.45) is 0 Å². The van der Waals surface area contributed by atoms with Crippen LogP contribution in [-0.4, -0.2) is 16.9 Å². The molecule has 1 aromatic carbocycles. The van der Waals surface area contributed by atoms with Crippen molar-refractivity contribution in [2.45, 2.75) is 12.3 Å². The number of carboxylic acid groups (broad SMARTS) is 1. The maximum absolute atomic E-state index is 11.2. The molecular weight excluding hydrogens is 228 g/mol. The monoisotopic (exact) mass is 238 g/mol. The number of hydrogen-bond donors (Lipinski definition) is 1. The summed E-state index contributed by atoms with van der Waals surface area (Å²) in [5, 5.41) is 7.79. The molecule has 0 radical (unpaired) electrons. The molecule has 1 rings (SSSR count). The Morgan fingerprint density at radius 3 is 2.56 bits per heavy atom. The summed E-state index contributed by atoms with van der Waals surface area (Å²) < 4.78 is 0. The molecule has 4 heteroatoms. The number of alkyl halides is 1. The Morgan fingerprint density at radius 2 is 2.00 bits per heavy atom. The summed E-state index contributed by atoms with van der Waals surface area (Å²) in [5.41, 5.74) is 1.26. The second kappa shape index (κ2) is 5.47. The van der Waals surface area contributed by atoms with E-state index in [9.17, 15) is 9.59 Å². The first kappa shape index (κ1) is 12.5. The summed E-state index contributed by atoms with van der Waals surface area (Å²) in [6, 6.07) is 6.94. The highest BCUT2D eigenvalue weighted by Gasteiger charge is 2.15. The Balaban J connectivity index is 3.10. The van der Waals surface area contributed by atoms with Gasteiger partial charge < -0.3 is 5.11 Å². The maximum atomic E-state index is 11.2. The Kier molecular flexibility index (Phi) is 4.26. The Labute approximate surface area is 98.4 Å². The van der Waals surface area contributed by atoms with Crippen molar-refractivity contribution in [3.8, 4) is 0 Å². The van der Waals surface area contributed by atoms with Gasteiger partial charge in [-0.25, -0.2) is 4.79 Å². The number of Topliss-reactive ketones (excluding diaryl/α,β-unsaturated/α-hetero) is 1. The van der Waals surface area contributed by atoms with Crippen LogP contribution < -0.4 is 0 Å². The van der Waals surface area contributed by atoms with Crippen molar-refractivity contribution in [1.29, 1.82) is 0 Å². The molecule has 1 aromatic rings. The molecule has 0 fully saturated rings. The molecule has 0 spiro atoms. The van der Waals surface area contributed by atoms with E-state index in [2.05, 4.69) is 0 Å². The van der Waals surface area contributed by atoms with E-state index in [1.165, 1.54) is 13.0 Å². The zero-order valence-electron chi connectivity index (χ0n) is 8.68. The van der Waals surface area contributed by atoms with E-state index in [-0.39, 0.29) is 5.78 Å². The molecule has 0 amide bonds. The Bertz CT molecular complexity index is 438. The van der Waals surface area contributed by atoms with E-state index >= 15 is 0 Å². The van der Waals surface area contributed by atoms with E-state index in [0.29, 0.717) is 11.1 Å². The van der Waals surface area contributed by atoms with Gasteiger partial charge in [0.15, 0.2) is 5.78 Å². The van der Waals surface area contributed by atoms with Crippen LogP contribution in [0, 0.1) is 0 Å². The molecule has 0 saturated carbocycles. The highest BCUT2D eigenvalue weighted by molar-refractivity contribution is 6.31. The largest absolute Gasteiger partial charge is 0.478 e. The van der Waals surface area contributed by atoms with Crippen LogP contribution >= 0.6 is 11.6 Å². The van der Waals surface area contributed by atoms with Gasteiger partial charge in [-0.15, -0.1) is 11.6 Å². The van der Waals surface area contributed by atoms with E-state index in [1.807, 2.05) is 0 Å². The smallest absolute Gasteiger partial charge is 0.328 e. The molecule has 0 aliphatic rings. The van der Waals surface area contributed by atoms with Crippen LogP contribution in [0.2, 0.25) is 0 Å². The topological polar surface area (TPSA) is 54.4 Å². The molecule has 0 bridgehead atoms.